The molecule has 150 valence electrons. The molecule has 0 bridgehead atoms. The average Bonchev–Trinajstić information content (AvgIpc) is 3.28. The fourth-order valence-electron chi connectivity index (χ4n) is 4.26. The number of rotatable bonds is 6. The van der Waals surface area contributed by atoms with Crippen LogP contribution in [0.2, 0.25) is 0 Å². The normalized spacial score (nSPS) is 25.7. The van der Waals surface area contributed by atoms with Gasteiger partial charge in [-0.1, -0.05) is 60.7 Å². The minimum atomic E-state index is -1.51. The van der Waals surface area contributed by atoms with E-state index < -0.39 is 23.5 Å². The van der Waals surface area contributed by atoms with Crippen LogP contribution in [-0.4, -0.2) is 41.8 Å². The standard InChI is InChI=1S/C23H23NO5/c1-2-28-22(27)23(14-19(25)16-9-5-3-6-10-16)13-18-15-29-20(24(18)21(23)26)17-11-7-4-8-12-17/h3-12,18,20H,2,13-15H2,1H3/t18-,20+,23+/m0/s1. The van der Waals surface area contributed by atoms with E-state index in [1.807, 2.05) is 36.4 Å². The van der Waals surface area contributed by atoms with Gasteiger partial charge in [0.1, 0.15) is 0 Å². The van der Waals surface area contributed by atoms with Crippen LogP contribution in [0.1, 0.15) is 41.9 Å². The molecule has 6 nitrogen and oxygen atoms in total. The van der Waals surface area contributed by atoms with Crippen LogP contribution >= 0.6 is 0 Å². The zero-order chi connectivity index (χ0) is 20.4. The van der Waals surface area contributed by atoms with Crippen molar-refractivity contribution in [3.63, 3.8) is 0 Å². The van der Waals surface area contributed by atoms with Crippen LogP contribution in [0.3, 0.4) is 0 Å². The highest BCUT2D eigenvalue weighted by Gasteiger charge is 2.62. The minimum Gasteiger partial charge on any atom is -0.465 e. The van der Waals surface area contributed by atoms with E-state index in [1.165, 1.54) is 0 Å². The van der Waals surface area contributed by atoms with Crippen molar-refractivity contribution in [3.05, 3.63) is 71.8 Å². The quantitative estimate of drug-likeness (QED) is 0.428. The van der Waals surface area contributed by atoms with Gasteiger partial charge < -0.3 is 14.4 Å². The van der Waals surface area contributed by atoms with Gasteiger partial charge in [-0.05, 0) is 13.3 Å². The van der Waals surface area contributed by atoms with Crippen LogP contribution in [0.4, 0.5) is 0 Å². The molecule has 6 heteroatoms. The van der Waals surface area contributed by atoms with Crippen LogP contribution in [0.5, 0.6) is 0 Å². The maximum Gasteiger partial charge on any atom is 0.322 e. The van der Waals surface area contributed by atoms with Crippen LogP contribution in [-0.2, 0) is 19.1 Å². The Hall–Kier alpha value is -2.99. The number of amides is 1. The van der Waals surface area contributed by atoms with Crippen molar-refractivity contribution in [2.75, 3.05) is 13.2 Å². The number of hydrogen-bond acceptors (Lipinski definition) is 5. The number of carbonyl (C=O) groups excluding carboxylic acids is 3. The molecular formula is C23H23NO5. The monoisotopic (exact) mass is 393 g/mol. The molecule has 2 aliphatic heterocycles. The Morgan fingerprint density at radius 2 is 1.76 bits per heavy atom. The number of ketones is 1. The zero-order valence-corrected chi connectivity index (χ0v) is 16.2. The van der Waals surface area contributed by atoms with E-state index in [-0.39, 0.29) is 31.3 Å². The maximum atomic E-state index is 13.6. The van der Waals surface area contributed by atoms with Crippen LogP contribution in [0.15, 0.2) is 60.7 Å². The number of hydrogen-bond donors (Lipinski definition) is 0. The first-order chi connectivity index (χ1) is 14.1. The molecule has 2 saturated heterocycles. The van der Waals surface area contributed by atoms with Crippen molar-refractivity contribution in [1.82, 2.24) is 4.90 Å². The topological polar surface area (TPSA) is 72.9 Å². The van der Waals surface area contributed by atoms with Gasteiger partial charge in [0.15, 0.2) is 17.4 Å². The molecule has 2 fully saturated rings. The lowest BCUT2D eigenvalue weighted by Crippen LogP contribution is -2.44. The Balaban J connectivity index is 1.67. The minimum absolute atomic E-state index is 0.149. The summed E-state index contributed by atoms with van der Waals surface area (Å²) in [5, 5.41) is 0. The molecule has 0 N–H and O–H groups in total. The third-order valence-corrected chi connectivity index (χ3v) is 5.63. The molecule has 2 aromatic rings. The fourth-order valence-corrected chi connectivity index (χ4v) is 4.26. The number of esters is 1. The Morgan fingerprint density at radius 3 is 2.41 bits per heavy atom. The number of benzene rings is 2. The van der Waals surface area contributed by atoms with Crippen molar-refractivity contribution in [2.45, 2.75) is 32.0 Å². The highest BCUT2D eigenvalue weighted by Crippen LogP contribution is 2.48. The molecule has 3 atom stereocenters. The molecule has 0 radical (unpaired) electrons. The number of nitrogens with zero attached hydrogens (tertiary/aromatic N) is 1. The highest BCUT2D eigenvalue weighted by atomic mass is 16.5. The third-order valence-electron chi connectivity index (χ3n) is 5.63. The molecular weight excluding hydrogens is 370 g/mol. The van der Waals surface area contributed by atoms with Crippen LogP contribution in [0, 0.1) is 5.41 Å². The maximum absolute atomic E-state index is 13.6. The van der Waals surface area contributed by atoms with E-state index >= 15 is 0 Å². The number of carbonyl (C=O) groups is 3. The summed E-state index contributed by atoms with van der Waals surface area (Å²) in [4.78, 5) is 41.1. The predicted octanol–water partition coefficient (Wildman–Crippen LogP) is 3.14. The summed E-state index contributed by atoms with van der Waals surface area (Å²) in [5.41, 5.74) is -0.186. The molecule has 2 aromatic carbocycles. The van der Waals surface area contributed by atoms with Gasteiger partial charge in [-0.25, -0.2) is 0 Å². The van der Waals surface area contributed by atoms with E-state index in [0.29, 0.717) is 12.2 Å². The molecule has 0 spiro atoms. The molecule has 2 aliphatic rings. The Labute approximate surface area is 169 Å². The Morgan fingerprint density at radius 1 is 1.10 bits per heavy atom. The lowest BCUT2D eigenvalue weighted by atomic mass is 9.78. The van der Waals surface area contributed by atoms with E-state index in [0.717, 1.165) is 5.56 Å². The second-order valence-corrected chi connectivity index (χ2v) is 7.44. The Bertz CT molecular complexity index is 913. The first-order valence-electron chi connectivity index (χ1n) is 9.81. The average molecular weight is 393 g/mol. The van der Waals surface area contributed by atoms with E-state index in [2.05, 4.69) is 0 Å². The van der Waals surface area contributed by atoms with Gasteiger partial charge in [0.2, 0.25) is 5.91 Å². The zero-order valence-electron chi connectivity index (χ0n) is 16.2. The molecule has 1 amide bonds. The van der Waals surface area contributed by atoms with Gasteiger partial charge >= 0.3 is 5.97 Å². The van der Waals surface area contributed by atoms with Crippen LogP contribution < -0.4 is 0 Å². The van der Waals surface area contributed by atoms with Gasteiger partial charge in [-0.15, -0.1) is 0 Å². The summed E-state index contributed by atoms with van der Waals surface area (Å²) in [6.45, 7) is 2.17. The summed E-state index contributed by atoms with van der Waals surface area (Å²) in [6.07, 6.45) is -0.549. The summed E-state index contributed by atoms with van der Waals surface area (Å²) >= 11 is 0. The first kappa shape index (κ1) is 19.3. The van der Waals surface area contributed by atoms with E-state index in [4.69, 9.17) is 9.47 Å². The highest BCUT2D eigenvalue weighted by molar-refractivity contribution is 6.10. The molecule has 0 unspecified atom stereocenters. The van der Waals surface area contributed by atoms with Crippen molar-refractivity contribution in [3.8, 4) is 0 Å². The second kappa shape index (κ2) is 7.79. The van der Waals surface area contributed by atoms with Gasteiger partial charge in [0, 0.05) is 17.5 Å². The largest absolute Gasteiger partial charge is 0.465 e. The van der Waals surface area contributed by atoms with E-state index in [9.17, 15) is 14.4 Å². The third kappa shape index (κ3) is 3.34. The van der Waals surface area contributed by atoms with Gasteiger partial charge in [-0.3, -0.25) is 14.4 Å². The number of ether oxygens (including phenoxy) is 2. The lowest BCUT2D eigenvalue weighted by Gasteiger charge is -2.28. The first-order valence-corrected chi connectivity index (χ1v) is 9.81. The second-order valence-electron chi connectivity index (χ2n) is 7.44. The molecule has 0 aromatic heterocycles. The number of Topliss-reactive ketones (excluding diaryl/α,β-unsaturated/α-hetero) is 1. The van der Waals surface area contributed by atoms with Crippen molar-refractivity contribution in [1.29, 1.82) is 0 Å². The van der Waals surface area contributed by atoms with Crippen molar-refractivity contribution < 1.29 is 23.9 Å². The summed E-state index contributed by atoms with van der Waals surface area (Å²) < 4.78 is 11.1. The lowest BCUT2D eigenvalue weighted by molar-refractivity contribution is -0.163. The fraction of sp³-hybridized carbons (Fsp3) is 0.348. The summed E-state index contributed by atoms with van der Waals surface area (Å²) in [7, 11) is 0. The Kier molecular flexibility index (Phi) is 5.20. The molecule has 0 saturated carbocycles. The van der Waals surface area contributed by atoms with Crippen molar-refractivity contribution in [2.24, 2.45) is 5.41 Å². The summed E-state index contributed by atoms with van der Waals surface area (Å²) in [5.74, 6) is -1.27. The van der Waals surface area contributed by atoms with Crippen LogP contribution in [0.25, 0.3) is 0 Å². The molecule has 0 aliphatic carbocycles. The number of fused-ring (bicyclic) bond motifs is 1. The van der Waals surface area contributed by atoms with Gasteiger partial charge in [0.05, 0.1) is 19.3 Å². The van der Waals surface area contributed by atoms with Gasteiger partial charge in [-0.2, -0.15) is 0 Å². The molecule has 29 heavy (non-hydrogen) atoms. The smallest absolute Gasteiger partial charge is 0.322 e. The van der Waals surface area contributed by atoms with Crippen molar-refractivity contribution >= 4 is 17.7 Å². The SMILES string of the molecule is CCOC(=O)[C@@]1(CC(=O)c2ccccc2)C[C@H]2CO[C@H](c3ccccc3)N2C1=O. The molecule has 4 rings (SSSR count). The van der Waals surface area contributed by atoms with Gasteiger partial charge in [0.25, 0.3) is 0 Å². The van der Waals surface area contributed by atoms with E-state index in [1.54, 1.807) is 36.1 Å². The summed E-state index contributed by atoms with van der Waals surface area (Å²) in [6, 6.07) is 17.9. The predicted molar refractivity (Wildman–Crippen MR) is 105 cm³/mol. The molecule has 2 heterocycles.